The average molecular weight is 288 g/mol. The number of thiazole rings is 1. The molecule has 106 valence electrons. The smallest absolute Gasteiger partial charge is 0.188 e. The minimum Gasteiger partial charge on any atom is -0.322 e. The topological polar surface area (TPSA) is 63.8 Å². The fourth-order valence-electron chi connectivity index (χ4n) is 2.78. The summed E-state index contributed by atoms with van der Waals surface area (Å²) in [5.41, 5.74) is 7.39. The summed E-state index contributed by atoms with van der Waals surface area (Å²) >= 11 is 1.59. The summed E-state index contributed by atoms with van der Waals surface area (Å²) in [6, 6.07) is 5.86. The van der Waals surface area contributed by atoms with E-state index in [9.17, 15) is 0 Å². The van der Waals surface area contributed by atoms with Crippen LogP contribution in [-0.2, 0) is 0 Å². The Morgan fingerprint density at radius 1 is 1.25 bits per heavy atom. The molecule has 0 amide bonds. The Labute approximate surface area is 123 Å². The van der Waals surface area contributed by atoms with E-state index in [0.717, 1.165) is 16.6 Å². The third-order valence-electron chi connectivity index (χ3n) is 3.92. The number of rotatable bonds is 4. The number of hydrogen-bond donors (Lipinski definition) is 2. The maximum atomic E-state index is 6.38. The van der Waals surface area contributed by atoms with Gasteiger partial charge in [-0.1, -0.05) is 25.3 Å². The van der Waals surface area contributed by atoms with Gasteiger partial charge in [0.25, 0.3) is 0 Å². The monoisotopic (exact) mass is 288 g/mol. The van der Waals surface area contributed by atoms with E-state index < -0.39 is 0 Å². The first-order valence-electron chi connectivity index (χ1n) is 7.22. The molecule has 5 heteroatoms. The summed E-state index contributed by atoms with van der Waals surface area (Å²) in [6.45, 7) is 0. The van der Waals surface area contributed by atoms with Gasteiger partial charge in [-0.25, -0.2) is 9.97 Å². The van der Waals surface area contributed by atoms with Crippen LogP contribution in [0.5, 0.6) is 0 Å². The van der Waals surface area contributed by atoms with Crippen molar-refractivity contribution in [3.05, 3.63) is 35.5 Å². The average Bonchev–Trinajstić information content (AvgIpc) is 2.97. The molecule has 4 nitrogen and oxygen atoms in total. The van der Waals surface area contributed by atoms with Crippen molar-refractivity contribution in [2.75, 3.05) is 5.32 Å². The standard InChI is InChI=1S/C15H20N4S/c16-14(11-6-2-1-3-7-11)12-10-20-15(18-12)19-13-8-4-5-9-17-13/h4-5,8-11,14H,1-3,6-7,16H2,(H,17,18,19). The third-order valence-corrected chi connectivity index (χ3v) is 4.70. The fourth-order valence-corrected chi connectivity index (χ4v) is 3.54. The highest BCUT2D eigenvalue weighted by Crippen LogP contribution is 2.34. The zero-order chi connectivity index (χ0) is 13.8. The first kappa shape index (κ1) is 13.5. The molecule has 1 fully saturated rings. The summed E-state index contributed by atoms with van der Waals surface area (Å²) < 4.78 is 0. The molecule has 20 heavy (non-hydrogen) atoms. The van der Waals surface area contributed by atoms with Gasteiger partial charge in [-0.05, 0) is 30.9 Å². The fraction of sp³-hybridized carbons (Fsp3) is 0.467. The van der Waals surface area contributed by atoms with Crippen LogP contribution in [0.25, 0.3) is 0 Å². The van der Waals surface area contributed by atoms with Gasteiger partial charge < -0.3 is 11.1 Å². The van der Waals surface area contributed by atoms with Gasteiger partial charge in [0.15, 0.2) is 5.13 Å². The van der Waals surface area contributed by atoms with Gasteiger partial charge in [0.05, 0.1) is 11.7 Å². The molecule has 3 N–H and O–H groups in total. The summed E-state index contributed by atoms with van der Waals surface area (Å²) in [6.07, 6.45) is 8.21. The number of hydrogen-bond acceptors (Lipinski definition) is 5. The van der Waals surface area contributed by atoms with Gasteiger partial charge in [-0.15, -0.1) is 11.3 Å². The first-order chi connectivity index (χ1) is 9.83. The molecule has 0 bridgehead atoms. The van der Waals surface area contributed by atoms with Crippen LogP contribution in [0.15, 0.2) is 29.8 Å². The minimum absolute atomic E-state index is 0.0748. The van der Waals surface area contributed by atoms with E-state index in [-0.39, 0.29) is 6.04 Å². The normalized spacial score (nSPS) is 17.9. The lowest BCUT2D eigenvalue weighted by atomic mass is 9.83. The highest BCUT2D eigenvalue weighted by molar-refractivity contribution is 7.13. The van der Waals surface area contributed by atoms with Crippen molar-refractivity contribution in [1.29, 1.82) is 0 Å². The van der Waals surface area contributed by atoms with Crippen molar-refractivity contribution in [3.8, 4) is 0 Å². The van der Waals surface area contributed by atoms with Crippen LogP contribution < -0.4 is 11.1 Å². The van der Waals surface area contributed by atoms with Gasteiger partial charge in [0.2, 0.25) is 0 Å². The van der Waals surface area contributed by atoms with Crippen molar-refractivity contribution in [2.24, 2.45) is 11.7 Å². The van der Waals surface area contributed by atoms with E-state index >= 15 is 0 Å². The number of nitrogens with one attached hydrogen (secondary N) is 1. The highest BCUT2D eigenvalue weighted by atomic mass is 32.1. The summed E-state index contributed by atoms with van der Waals surface area (Å²) in [7, 11) is 0. The molecule has 1 aliphatic rings. The van der Waals surface area contributed by atoms with E-state index in [0.29, 0.717) is 5.92 Å². The zero-order valence-electron chi connectivity index (χ0n) is 11.5. The Morgan fingerprint density at radius 3 is 2.85 bits per heavy atom. The molecular formula is C15H20N4S. The molecule has 0 aliphatic heterocycles. The van der Waals surface area contributed by atoms with Crippen molar-refractivity contribution in [3.63, 3.8) is 0 Å². The van der Waals surface area contributed by atoms with E-state index in [4.69, 9.17) is 5.73 Å². The Hall–Kier alpha value is -1.46. The number of pyridine rings is 1. The lowest BCUT2D eigenvalue weighted by Crippen LogP contribution is -2.23. The van der Waals surface area contributed by atoms with Crippen LogP contribution >= 0.6 is 11.3 Å². The SMILES string of the molecule is NC(c1csc(Nc2ccccn2)n1)C1CCCCC1. The van der Waals surface area contributed by atoms with Crippen LogP contribution in [0.4, 0.5) is 10.9 Å². The van der Waals surface area contributed by atoms with E-state index in [1.54, 1.807) is 17.5 Å². The molecule has 3 rings (SSSR count). The Kier molecular flexibility index (Phi) is 4.28. The number of anilines is 2. The summed E-state index contributed by atoms with van der Waals surface area (Å²) in [4.78, 5) is 8.87. The van der Waals surface area contributed by atoms with Gasteiger partial charge >= 0.3 is 0 Å². The number of nitrogens with two attached hydrogens (primary N) is 1. The molecular weight excluding hydrogens is 268 g/mol. The van der Waals surface area contributed by atoms with Gasteiger partial charge in [-0.2, -0.15) is 0 Å². The molecule has 0 radical (unpaired) electrons. The van der Waals surface area contributed by atoms with Gasteiger partial charge in [-0.3, -0.25) is 0 Å². The predicted octanol–water partition coefficient (Wildman–Crippen LogP) is 3.86. The second-order valence-corrected chi connectivity index (χ2v) is 6.20. The van der Waals surface area contributed by atoms with Crippen LogP contribution in [0.1, 0.15) is 43.8 Å². The Balaban J connectivity index is 1.66. The summed E-state index contributed by atoms with van der Waals surface area (Å²) in [5.74, 6) is 1.41. The Morgan fingerprint density at radius 2 is 2.10 bits per heavy atom. The minimum atomic E-state index is 0.0748. The summed E-state index contributed by atoms with van der Waals surface area (Å²) in [5, 5.41) is 6.16. The lowest BCUT2D eigenvalue weighted by Gasteiger charge is -2.26. The van der Waals surface area contributed by atoms with Crippen molar-refractivity contribution >= 4 is 22.3 Å². The van der Waals surface area contributed by atoms with E-state index in [1.807, 2.05) is 18.2 Å². The quantitative estimate of drug-likeness (QED) is 0.896. The molecule has 1 saturated carbocycles. The molecule has 0 spiro atoms. The van der Waals surface area contributed by atoms with Crippen LogP contribution in [-0.4, -0.2) is 9.97 Å². The largest absolute Gasteiger partial charge is 0.322 e. The number of nitrogens with zero attached hydrogens (tertiary/aromatic N) is 2. The second kappa shape index (κ2) is 6.33. The molecule has 2 aromatic rings. The third kappa shape index (κ3) is 3.16. The molecule has 0 saturated heterocycles. The zero-order valence-corrected chi connectivity index (χ0v) is 12.3. The van der Waals surface area contributed by atoms with Gasteiger partial charge in [0.1, 0.15) is 5.82 Å². The van der Waals surface area contributed by atoms with Crippen LogP contribution in [0.3, 0.4) is 0 Å². The molecule has 1 unspecified atom stereocenters. The van der Waals surface area contributed by atoms with Crippen molar-refractivity contribution in [1.82, 2.24) is 9.97 Å². The highest BCUT2D eigenvalue weighted by Gasteiger charge is 2.23. The first-order valence-corrected chi connectivity index (χ1v) is 8.10. The van der Waals surface area contributed by atoms with E-state index in [1.165, 1.54) is 32.1 Å². The lowest BCUT2D eigenvalue weighted by molar-refractivity contribution is 0.305. The van der Waals surface area contributed by atoms with Crippen molar-refractivity contribution < 1.29 is 0 Å². The van der Waals surface area contributed by atoms with Crippen LogP contribution in [0.2, 0.25) is 0 Å². The van der Waals surface area contributed by atoms with Crippen LogP contribution in [0, 0.1) is 5.92 Å². The molecule has 1 aliphatic carbocycles. The predicted molar refractivity (Wildman–Crippen MR) is 83.1 cm³/mol. The maximum Gasteiger partial charge on any atom is 0.188 e. The number of aromatic nitrogens is 2. The molecule has 0 aromatic carbocycles. The van der Waals surface area contributed by atoms with Gasteiger partial charge in [0, 0.05) is 11.6 Å². The molecule has 1 atom stereocenters. The molecule has 2 aromatic heterocycles. The molecule has 2 heterocycles. The second-order valence-electron chi connectivity index (χ2n) is 5.34. The van der Waals surface area contributed by atoms with Crippen molar-refractivity contribution in [2.45, 2.75) is 38.1 Å². The van der Waals surface area contributed by atoms with E-state index in [2.05, 4.69) is 20.7 Å². The Bertz CT molecular complexity index is 534. The maximum absolute atomic E-state index is 6.38.